The van der Waals surface area contributed by atoms with Gasteiger partial charge in [-0.2, -0.15) is 0 Å². The molecular weight excluding hydrogens is 164 g/mol. The summed E-state index contributed by atoms with van der Waals surface area (Å²) < 4.78 is 0. The fraction of sp³-hybridized carbons (Fsp3) is 0.200. The van der Waals surface area contributed by atoms with Crippen molar-refractivity contribution in [3.63, 3.8) is 0 Å². The molecule has 1 aliphatic rings. The fourth-order valence-corrected chi connectivity index (χ4v) is 1.96. The zero-order chi connectivity index (χ0) is 8.84. The summed E-state index contributed by atoms with van der Waals surface area (Å²) in [6.07, 6.45) is 0. The van der Waals surface area contributed by atoms with E-state index in [4.69, 9.17) is 0 Å². The highest BCUT2D eigenvalue weighted by molar-refractivity contribution is 5.86. The van der Waals surface area contributed by atoms with Crippen LogP contribution in [0.2, 0.25) is 0 Å². The van der Waals surface area contributed by atoms with Gasteiger partial charge in [0.25, 0.3) is 0 Å². The van der Waals surface area contributed by atoms with Crippen LogP contribution in [0.1, 0.15) is 11.3 Å². The molecule has 0 radical (unpaired) electrons. The van der Waals surface area contributed by atoms with E-state index in [9.17, 15) is 5.11 Å². The van der Waals surface area contributed by atoms with E-state index in [-0.39, 0.29) is 0 Å². The quantitative estimate of drug-likeness (QED) is 0.566. The first-order chi connectivity index (χ1) is 6.34. The number of nitrogens with one attached hydrogen (secondary N) is 2. The smallest absolute Gasteiger partial charge is 0.116 e. The van der Waals surface area contributed by atoms with Gasteiger partial charge in [0.1, 0.15) is 5.75 Å². The molecule has 1 aromatic heterocycles. The molecular formula is C10H10N2O. The van der Waals surface area contributed by atoms with Crippen molar-refractivity contribution in [3.05, 3.63) is 29.5 Å². The average molecular weight is 174 g/mol. The molecule has 3 heteroatoms. The first kappa shape index (κ1) is 6.97. The van der Waals surface area contributed by atoms with Crippen LogP contribution < -0.4 is 5.32 Å². The third-order valence-corrected chi connectivity index (χ3v) is 2.58. The lowest BCUT2D eigenvalue weighted by Crippen LogP contribution is -2.01. The molecule has 0 spiro atoms. The SMILES string of the molecule is Oc1ccc2[nH]c3c(c2c1)CNC3. The van der Waals surface area contributed by atoms with Crippen molar-refractivity contribution in [1.29, 1.82) is 0 Å². The molecule has 0 saturated carbocycles. The predicted octanol–water partition coefficient (Wildman–Crippen LogP) is 1.48. The monoisotopic (exact) mass is 174 g/mol. The highest BCUT2D eigenvalue weighted by Gasteiger charge is 2.15. The second-order valence-corrected chi connectivity index (χ2v) is 3.42. The summed E-state index contributed by atoms with van der Waals surface area (Å²) in [7, 11) is 0. The molecule has 0 amide bonds. The number of benzene rings is 1. The first-order valence-electron chi connectivity index (χ1n) is 4.38. The molecule has 1 aromatic carbocycles. The second-order valence-electron chi connectivity index (χ2n) is 3.42. The maximum atomic E-state index is 9.35. The standard InChI is InChI=1S/C10H10N2O/c13-6-1-2-9-7(3-6)8-4-11-5-10(8)12-9/h1-3,11-13H,4-5H2. The lowest BCUT2D eigenvalue weighted by Gasteiger charge is -1.95. The highest BCUT2D eigenvalue weighted by Crippen LogP contribution is 2.28. The minimum atomic E-state index is 0.334. The molecule has 1 aliphatic heterocycles. The highest BCUT2D eigenvalue weighted by atomic mass is 16.3. The van der Waals surface area contributed by atoms with Crippen LogP contribution in [0.5, 0.6) is 5.75 Å². The van der Waals surface area contributed by atoms with Crippen molar-refractivity contribution in [2.24, 2.45) is 0 Å². The van der Waals surface area contributed by atoms with Crippen molar-refractivity contribution >= 4 is 10.9 Å². The number of hydrogen-bond acceptors (Lipinski definition) is 2. The van der Waals surface area contributed by atoms with Crippen LogP contribution in [0.25, 0.3) is 10.9 Å². The average Bonchev–Trinajstić information content (AvgIpc) is 2.64. The van der Waals surface area contributed by atoms with E-state index < -0.39 is 0 Å². The summed E-state index contributed by atoms with van der Waals surface area (Å²) in [5.41, 5.74) is 3.66. The van der Waals surface area contributed by atoms with Crippen molar-refractivity contribution < 1.29 is 5.11 Å². The molecule has 0 aliphatic carbocycles. The van der Waals surface area contributed by atoms with Gasteiger partial charge in [-0.25, -0.2) is 0 Å². The molecule has 2 aromatic rings. The van der Waals surface area contributed by atoms with E-state index >= 15 is 0 Å². The Kier molecular flexibility index (Phi) is 1.21. The number of phenols is 1. The van der Waals surface area contributed by atoms with Crippen LogP contribution in [0.3, 0.4) is 0 Å². The molecule has 3 rings (SSSR count). The van der Waals surface area contributed by atoms with Gasteiger partial charge in [-0.1, -0.05) is 0 Å². The Morgan fingerprint density at radius 3 is 3.08 bits per heavy atom. The van der Waals surface area contributed by atoms with E-state index in [0.717, 1.165) is 24.0 Å². The second kappa shape index (κ2) is 2.26. The minimum Gasteiger partial charge on any atom is -0.508 e. The normalized spacial score (nSPS) is 15.1. The van der Waals surface area contributed by atoms with Crippen LogP contribution in [0.15, 0.2) is 18.2 Å². The predicted molar refractivity (Wildman–Crippen MR) is 50.5 cm³/mol. The zero-order valence-electron chi connectivity index (χ0n) is 7.09. The molecule has 2 heterocycles. The van der Waals surface area contributed by atoms with Crippen LogP contribution in [-0.4, -0.2) is 10.1 Å². The Hall–Kier alpha value is -1.48. The number of fused-ring (bicyclic) bond motifs is 3. The zero-order valence-corrected chi connectivity index (χ0v) is 7.09. The van der Waals surface area contributed by atoms with E-state index in [1.165, 1.54) is 11.3 Å². The molecule has 3 N–H and O–H groups in total. The molecule has 3 nitrogen and oxygen atoms in total. The minimum absolute atomic E-state index is 0.334. The van der Waals surface area contributed by atoms with Gasteiger partial charge in [-0.15, -0.1) is 0 Å². The van der Waals surface area contributed by atoms with Gasteiger partial charge < -0.3 is 15.4 Å². The molecule has 66 valence electrons. The summed E-state index contributed by atoms with van der Waals surface area (Å²) in [6, 6.07) is 5.45. The lowest BCUT2D eigenvalue weighted by molar-refractivity contribution is 0.476. The van der Waals surface area contributed by atoms with Gasteiger partial charge in [0.05, 0.1) is 0 Å². The van der Waals surface area contributed by atoms with Crippen molar-refractivity contribution in [1.82, 2.24) is 10.3 Å². The Morgan fingerprint density at radius 1 is 1.23 bits per heavy atom. The molecule has 0 unspecified atom stereocenters. The van der Waals surface area contributed by atoms with Crippen LogP contribution >= 0.6 is 0 Å². The van der Waals surface area contributed by atoms with E-state index in [1.807, 2.05) is 12.1 Å². The number of aromatic amines is 1. The third kappa shape index (κ3) is 0.876. The molecule has 0 atom stereocenters. The number of H-pyrrole nitrogens is 1. The van der Waals surface area contributed by atoms with Crippen LogP contribution in [-0.2, 0) is 13.1 Å². The largest absolute Gasteiger partial charge is 0.508 e. The van der Waals surface area contributed by atoms with Crippen LogP contribution in [0, 0.1) is 0 Å². The van der Waals surface area contributed by atoms with E-state index in [0.29, 0.717) is 5.75 Å². The molecule has 0 fully saturated rings. The first-order valence-corrected chi connectivity index (χ1v) is 4.38. The fourth-order valence-electron chi connectivity index (χ4n) is 1.96. The Labute approximate surface area is 75.4 Å². The van der Waals surface area contributed by atoms with Crippen molar-refractivity contribution in [3.8, 4) is 5.75 Å². The molecule has 13 heavy (non-hydrogen) atoms. The third-order valence-electron chi connectivity index (χ3n) is 2.58. The van der Waals surface area contributed by atoms with Gasteiger partial charge in [-0.3, -0.25) is 0 Å². The van der Waals surface area contributed by atoms with Crippen molar-refractivity contribution in [2.75, 3.05) is 0 Å². The van der Waals surface area contributed by atoms with Gasteiger partial charge >= 0.3 is 0 Å². The van der Waals surface area contributed by atoms with Crippen LogP contribution in [0.4, 0.5) is 0 Å². The summed E-state index contributed by atoms with van der Waals surface area (Å²) in [4.78, 5) is 3.33. The number of hydrogen-bond donors (Lipinski definition) is 3. The van der Waals surface area contributed by atoms with Gasteiger partial charge in [-0.05, 0) is 23.8 Å². The van der Waals surface area contributed by atoms with Crippen molar-refractivity contribution in [2.45, 2.75) is 13.1 Å². The topological polar surface area (TPSA) is 48.0 Å². The summed E-state index contributed by atoms with van der Waals surface area (Å²) in [5, 5.41) is 13.8. The summed E-state index contributed by atoms with van der Waals surface area (Å²) in [6.45, 7) is 1.81. The summed E-state index contributed by atoms with van der Waals surface area (Å²) >= 11 is 0. The number of phenolic OH excluding ortho intramolecular Hbond substituents is 1. The number of aromatic nitrogens is 1. The van der Waals surface area contributed by atoms with E-state index in [1.54, 1.807) is 6.07 Å². The van der Waals surface area contributed by atoms with Gasteiger partial charge in [0, 0.05) is 29.7 Å². The Bertz CT molecular complexity index is 473. The Balaban J connectivity index is 2.40. The lowest BCUT2D eigenvalue weighted by atomic mass is 10.1. The van der Waals surface area contributed by atoms with Gasteiger partial charge in [0.2, 0.25) is 0 Å². The maximum Gasteiger partial charge on any atom is 0.116 e. The van der Waals surface area contributed by atoms with Gasteiger partial charge in [0.15, 0.2) is 0 Å². The number of aromatic hydroxyl groups is 1. The van der Waals surface area contributed by atoms with E-state index in [2.05, 4.69) is 10.3 Å². The molecule has 0 bridgehead atoms. The summed E-state index contributed by atoms with van der Waals surface area (Å²) in [5.74, 6) is 0.334. The molecule has 0 saturated heterocycles. The number of rotatable bonds is 0. The maximum absolute atomic E-state index is 9.35. The Morgan fingerprint density at radius 2 is 2.15 bits per heavy atom.